The lowest BCUT2D eigenvalue weighted by Gasteiger charge is -1.93. The van der Waals surface area contributed by atoms with Crippen molar-refractivity contribution in [2.45, 2.75) is 0 Å². The molecule has 0 heterocycles. The molecule has 0 atom stereocenters. The molecule has 0 aromatic heterocycles. The molecule has 1 radical (unpaired) electrons. The van der Waals surface area contributed by atoms with Gasteiger partial charge in [-0.3, -0.25) is 0 Å². The monoisotopic (exact) mass is 171 g/mol. The third-order valence-electron chi connectivity index (χ3n) is 0.813. The Balaban J connectivity index is 2.86. The molecular formula is C6H6BrN+. The van der Waals surface area contributed by atoms with Crippen LogP contribution in [0.25, 0.3) is 0 Å². The van der Waals surface area contributed by atoms with E-state index in [0.29, 0.717) is 0 Å². The van der Waals surface area contributed by atoms with Crippen LogP contribution in [-0.2, 0) is 0 Å². The average molecular weight is 172 g/mol. The van der Waals surface area contributed by atoms with Crippen LogP contribution in [0.15, 0.2) is 28.4 Å². The van der Waals surface area contributed by atoms with Crippen LogP contribution in [0, 0.1) is 6.04 Å². The van der Waals surface area contributed by atoms with Crippen LogP contribution in [-0.4, -0.2) is 0 Å². The summed E-state index contributed by atoms with van der Waals surface area (Å²) in [5, 5.41) is 0. The molecule has 1 aliphatic rings. The minimum Gasteiger partial charge on any atom is -0.340 e. The van der Waals surface area contributed by atoms with E-state index in [1.54, 1.807) is 0 Å². The van der Waals surface area contributed by atoms with E-state index in [0.717, 1.165) is 10.5 Å². The Bertz CT molecular complexity index is 175. The van der Waals surface area contributed by atoms with E-state index in [2.05, 4.69) is 27.4 Å². The summed E-state index contributed by atoms with van der Waals surface area (Å²) in [6, 6.07) is 0.986. The van der Waals surface area contributed by atoms with Crippen LogP contribution in [0.5, 0.6) is 0 Å². The first kappa shape index (κ1) is 5.83. The second-order valence-electron chi connectivity index (χ2n) is 1.56. The minimum atomic E-state index is 0.986. The van der Waals surface area contributed by atoms with Gasteiger partial charge in [-0.15, -0.1) is 5.73 Å². The lowest BCUT2D eigenvalue weighted by molar-refractivity contribution is -0.330. The van der Waals surface area contributed by atoms with Gasteiger partial charge in [-0.25, -0.2) is 0 Å². The van der Waals surface area contributed by atoms with Gasteiger partial charge in [-0.05, 0) is 6.08 Å². The van der Waals surface area contributed by atoms with Gasteiger partial charge in [-0.2, -0.15) is 0 Å². The lowest BCUT2D eigenvalue weighted by atomic mass is 10.2. The molecule has 0 fully saturated rings. The smallest absolute Gasteiger partial charge is 0.204 e. The molecule has 0 aliphatic heterocycles. The second-order valence-corrected chi connectivity index (χ2v) is 2.48. The lowest BCUT2D eigenvalue weighted by Crippen LogP contribution is -2.51. The highest BCUT2D eigenvalue weighted by Gasteiger charge is 2.01. The van der Waals surface area contributed by atoms with Crippen LogP contribution in [0.3, 0.4) is 0 Å². The molecule has 0 aromatic rings. The van der Waals surface area contributed by atoms with E-state index < -0.39 is 0 Å². The van der Waals surface area contributed by atoms with Crippen LogP contribution in [0.4, 0.5) is 0 Å². The SMILES string of the molecule is [NH3+][C]1C=C=CC(Br)=C1. The van der Waals surface area contributed by atoms with E-state index in [-0.39, 0.29) is 0 Å². The van der Waals surface area contributed by atoms with E-state index in [4.69, 9.17) is 0 Å². The Hall–Kier alpha value is -0.300. The quantitative estimate of drug-likeness (QED) is 0.522. The third-order valence-corrected chi connectivity index (χ3v) is 1.27. The maximum atomic E-state index is 3.72. The fourth-order valence-corrected chi connectivity index (χ4v) is 0.915. The number of quaternary nitrogens is 1. The summed E-state index contributed by atoms with van der Waals surface area (Å²) < 4.78 is 1.03. The molecule has 0 aromatic carbocycles. The Morgan fingerprint density at radius 1 is 1.50 bits per heavy atom. The number of halogens is 1. The molecule has 0 bridgehead atoms. The van der Waals surface area contributed by atoms with E-state index in [1.165, 1.54) is 0 Å². The van der Waals surface area contributed by atoms with Crippen molar-refractivity contribution >= 4 is 15.9 Å². The second kappa shape index (κ2) is 2.31. The van der Waals surface area contributed by atoms with Crippen molar-refractivity contribution in [1.29, 1.82) is 0 Å². The van der Waals surface area contributed by atoms with Gasteiger partial charge in [0.25, 0.3) is 0 Å². The van der Waals surface area contributed by atoms with Crippen molar-refractivity contribution < 1.29 is 5.73 Å². The predicted octanol–water partition coefficient (Wildman–Crippen LogP) is 0.764. The molecule has 0 saturated carbocycles. The summed E-state index contributed by atoms with van der Waals surface area (Å²) in [5.74, 6) is 0. The highest BCUT2D eigenvalue weighted by molar-refractivity contribution is 9.11. The fourth-order valence-electron chi connectivity index (χ4n) is 0.489. The number of allylic oxidation sites excluding steroid dienone is 1. The largest absolute Gasteiger partial charge is 0.340 e. The number of rotatable bonds is 0. The van der Waals surface area contributed by atoms with E-state index in [1.807, 2.05) is 18.2 Å². The van der Waals surface area contributed by atoms with Crippen molar-refractivity contribution in [3.8, 4) is 0 Å². The van der Waals surface area contributed by atoms with Crippen molar-refractivity contribution in [2.24, 2.45) is 0 Å². The van der Waals surface area contributed by atoms with Crippen molar-refractivity contribution in [1.82, 2.24) is 0 Å². The van der Waals surface area contributed by atoms with Gasteiger partial charge in [0.05, 0.1) is 0 Å². The molecule has 1 nitrogen and oxygen atoms in total. The fraction of sp³-hybridized carbons (Fsp3) is 0. The zero-order chi connectivity index (χ0) is 5.98. The first-order chi connectivity index (χ1) is 3.79. The van der Waals surface area contributed by atoms with E-state index >= 15 is 0 Å². The molecule has 3 N–H and O–H groups in total. The van der Waals surface area contributed by atoms with Crippen LogP contribution in [0.1, 0.15) is 0 Å². The Morgan fingerprint density at radius 3 is 2.62 bits per heavy atom. The Kier molecular flexibility index (Phi) is 1.69. The van der Waals surface area contributed by atoms with E-state index in [9.17, 15) is 0 Å². The van der Waals surface area contributed by atoms with Gasteiger partial charge in [0, 0.05) is 16.6 Å². The minimum absolute atomic E-state index is 0.986. The Labute approximate surface area is 56.7 Å². The van der Waals surface area contributed by atoms with Gasteiger partial charge >= 0.3 is 0 Å². The summed E-state index contributed by atoms with van der Waals surface area (Å²) >= 11 is 3.29. The molecule has 1 aliphatic carbocycles. The highest BCUT2D eigenvalue weighted by Crippen LogP contribution is 2.11. The van der Waals surface area contributed by atoms with Crippen molar-refractivity contribution in [3.05, 3.63) is 34.5 Å². The van der Waals surface area contributed by atoms with Crippen molar-refractivity contribution in [3.63, 3.8) is 0 Å². The zero-order valence-corrected chi connectivity index (χ0v) is 5.90. The first-order valence-corrected chi connectivity index (χ1v) is 3.07. The Morgan fingerprint density at radius 2 is 2.25 bits per heavy atom. The van der Waals surface area contributed by atoms with Crippen LogP contribution >= 0.6 is 15.9 Å². The molecule has 2 heteroatoms. The highest BCUT2D eigenvalue weighted by atomic mass is 79.9. The third kappa shape index (κ3) is 1.34. The molecule has 0 unspecified atom stereocenters. The maximum absolute atomic E-state index is 3.72. The molecule has 1 rings (SSSR count). The predicted molar refractivity (Wildman–Crippen MR) is 35.8 cm³/mol. The average Bonchev–Trinajstić information content (AvgIpc) is 1.64. The number of hydrogen-bond acceptors (Lipinski definition) is 0. The van der Waals surface area contributed by atoms with Gasteiger partial charge in [-0.1, -0.05) is 15.9 Å². The maximum Gasteiger partial charge on any atom is 0.204 e. The molecule has 8 heavy (non-hydrogen) atoms. The van der Waals surface area contributed by atoms with Crippen LogP contribution in [0.2, 0.25) is 0 Å². The zero-order valence-electron chi connectivity index (χ0n) is 4.32. The van der Waals surface area contributed by atoms with Crippen LogP contribution < -0.4 is 5.73 Å². The normalized spacial score (nSPS) is 19.0. The van der Waals surface area contributed by atoms with Gasteiger partial charge in [0.15, 0.2) is 0 Å². The summed E-state index contributed by atoms with van der Waals surface area (Å²) in [6.45, 7) is 0. The molecule has 0 amide bonds. The van der Waals surface area contributed by atoms with Gasteiger partial charge in [0.1, 0.15) is 0 Å². The summed E-state index contributed by atoms with van der Waals surface area (Å²) in [7, 11) is 0. The van der Waals surface area contributed by atoms with Crippen molar-refractivity contribution in [2.75, 3.05) is 0 Å². The first-order valence-electron chi connectivity index (χ1n) is 2.27. The summed E-state index contributed by atoms with van der Waals surface area (Å²) in [4.78, 5) is 0. The topological polar surface area (TPSA) is 27.6 Å². The summed E-state index contributed by atoms with van der Waals surface area (Å²) in [6.07, 6.45) is 5.63. The molecule has 41 valence electrons. The number of hydrogen-bond donors (Lipinski definition) is 1. The summed E-state index contributed by atoms with van der Waals surface area (Å²) in [5.41, 5.74) is 6.64. The standard InChI is InChI=1S/C6H6BrN/c7-5-2-1-3-6(8)4-5/h2-4H,8H3/q+1. The molecule has 0 spiro atoms. The van der Waals surface area contributed by atoms with Gasteiger partial charge < -0.3 is 5.73 Å². The van der Waals surface area contributed by atoms with Gasteiger partial charge in [0.2, 0.25) is 6.04 Å². The molecular weight excluding hydrogens is 166 g/mol. The molecule has 0 saturated heterocycles.